The van der Waals surface area contributed by atoms with Crippen LogP contribution in [0, 0.1) is 5.41 Å². The first-order chi connectivity index (χ1) is 8.63. The van der Waals surface area contributed by atoms with E-state index < -0.39 is 0 Å². The van der Waals surface area contributed by atoms with Gasteiger partial charge in [-0.1, -0.05) is 40.0 Å². The summed E-state index contributed by atoms with van der Waals surface area (Å²) in [4.78, 5) is 2.77. The van der Waals surface area contributed by atoms with E-state index in [1.807, 2.05) is 0 Å². The molecule has 2 rings (SSSR count). The van der Waals surface area contributed by atoms with Gasteiger partial charge in [0, 0.05) is 18.6 Å². The standard InChI is InChI=1S/C16H32N2/c1-4-18(13-14-9-6-8-12-17-14)15-10-5-7-11-16(15,2)3/h14-15,17H,4-13H2,1-3H3. The zero-order valence-corrected chi connectivity index (χ0v) is 12.7. The molecule has 0 amide bonds. The quantitative estimate of drug-likeness (QED) is 0.825. The molecule has 106 valence electrons. The molecule has 2 aliphatic rings. The van der Waals surface area contributed by atoms with Gasteiger partial charge >= 0.3 is 0 Å². The van der Waals surface area contributed by atoms with E-state index in [9.17, 15) is 0 Å². The summed E-state index contributed by atoms with van der Waals surface area (Å²) >= 11 is 0. The molecule has 1 saturated heterocycles. The molecule has 2 unspecified atom stereocenters. The van der Waals surface area contributed by atoms with Crippen molar-refractivity contribution in [3.63, 3.8) is 0 Å². The minimum absolute atomic E-state index is 0.517. The van der Waals surface area contributed by atoms with Crippen LogP contribution in [0.4, 0.5) is 0 Å². The number of hydrogen-bond donors (Lipinski definition) is 1. The Balaban J connectivity index is 1.93. The van der Waals surface area contributed by atoms with Gasteiger partial charge in [0.2, 0.25) is 0 Å². The lowest BCUT2D eigenvalue weighted by atomic mass is 9.72. The highest BCUT2D eigenvalue weighted by atomic mass is 15.2. The summed E-state index contributed by atoms with van der Waals surface area (Å²) in [6.45, 7) is 11.0. The number of nitrogens with zero attached hydrogens (tertiary/aromatic N) is 1. The molecule has 0 aromatic rings. The molecule has 0 aromatic carbocycles. The Morgan fingerprint density at radius 2 is 1.89 bits per heavy atom. The molecule has 0 spiro atoms. The Labute approximate surface area is 114 Å². The second kappa shape index (κ2) is 6.38. The van der Waals surface area contributed by atoms with Gasteiger partial charge in [0.1, 0.15) is 0 Å². The third-order valence-corrected chi connectivity index (χ3v) is 5.16. The van der Waals surface area contributed by atoms with Crippen molar-refractivity contribution in [2.75, 3.05) is 19.6 Å². The summed E-state index contributed by atoms with van der Waals surface area (Å²) in [6, 6.07) is 1.55. The van der Waals surface area contributed by atoms with Gasteiger partial charge in [0.15, 0.2) is 0 Å². The van der Waals surface area contributed by atoms with Crippen LogP contribution < -0.4 is 5.32 Å². The molecule has 2 fully saturated rings. The molecular weight excluding hydrogens is 220 g/mol. The van der Waals surface area contributed by atoms with Crippen molar-refractivity contribution in [3.05, 3.63) is 0 Å². The van der Waals surface area contributed by atoms with E-state index in [2.05, 4.69) is 31.0 Å². The second-order valence-electron chi connectivity index (χ2n) is 6.98. The van der Waals surface area contributed by atoms with Crippen molar-refractivity contribution in [3.8, 4) is 0 Å². The summed E-state index contributed by atoms with van der Waals surface area (Å²) in [6.07, 6.45) is 9.86. The Morgan fingerprint density at radius 3 is 2.50 bits per heavy atom. The minimum Gasteiger partial charge on any atom is -0.313 e. The first kappa shape index (κ1) is 14.3. The van der Waals surface area contributed by atoms with Gasteiger partial charge in [-0.2, -0.15) is 0 Å². The van der Waals surface area contributed by atoms with E-state index in [4.69, 9.17) is 0 Å². The van der Waals surface area contributed by atoms with Crippen molar-refractivity contribution in [1.29, 1.82) is 0 Å². The summed E-state index contributed by atoms with van der Waals surface area (Å²) in [5.41, 5.74) is 0.517. The molecule has 2 nitrogen and oxygen atoms in total. The molecule has 18 heavy (non-hydrogen) atoms. The normalized spacial score (nSPS) is 32.7. The molecule has 1 aliphatic carbocycles. The molecule has 1 heterocycles. The van der Waals surface area contributed by atoms with Gasteiger partial charge in [-0.15, -0.1) is 0 Å². The third-order valence-electron chi connectivity index (χ3n) is 5.16. The highest BCUT2D eigenvalue weighted by Crippen LogP contribution is 2.38. The molecule has 0 bridgehead atoms. The van der Waals surface area contributed by atoms with E-state index >= 15 is 0 Å². The highest BCUT2D eigenvalue weighted by Gasteiger charge is 2.36. The van der Waals surface area contributed by atoms with Gasteiger partial charge in [-0.05, 0) is 44.2 Å². The maximum atomic E-state index is 3.71. The molecule has 2 atom stereocenters. The Morgan fingerprint density at radius 1 is 1.11 bits per heavy atom. The maximum Gasteiger partial charge on any atom is 0.0195 e. The first-order valence-corrected chi connectivity index (χ1v) is 8.11. The highest BCUT2D eigenvalue weighted by molar-refractivity contribution is 4.91. The molecule has 1 aliphatic heterocycles. The monoisotopic (exact) mass is 252 g/mol. The third kappa shape index (κ3) is 3.48. The van der Waals surface area contributed by atoms with Crippen molar-refractivity contribution in [1.82, 2.24) is 10.2 Å². The van der Waals surface area contributed by atoms with E-state index in [0.717, 1.165) is 12.1 Å². The van der Waals surface area contributed by atoms with Crippen molar-refractivity contribution in [2.45, 2.75) is 77.8 Å². The Bertz CT molecular complexity index is 243. The van der Waals surface area contributed by atoms with Gasteiger partial charge in [0.25, 0.3) is 0 Å². The molecule has 0 aromatic heterocycles. The van der Waals surface area contributed by atoms with Gasteiger partial charge in [-0.3, -0.25) is 4.90 Å². The summed E-state index contributed by atoms with van der Waals surface area (Å²) < 4.78 is 0. The number of nitrogens with one attached hydrogen (secondary N) is 1. The SMILES string of the molecule is CCN(CC1CCCCN1)C1CCCCC1(C)C. The lowest BCUT2D eigenvalue weighted by Crippen LogP contribution is -2.52. The predicted octanol–water partition coefficient (Wildman–Crippen LogP) is 3.42. The van der Waals surface area contributed by atoms with Gasteiger partial charge in [0.05, 0.1) is 0 Å². The smallest absolute Gasteiger partial charge is 0.0195 e. The Hall–Kier alpha value is -0.0800. The summed E-state index contributed by atoms with van der Waals surface area (Å²) in [5.74, 6) is 0. The van der Waals surface area contributed by atoms with Crippen molar-refractivity contribution >= 4 is 0 Å². The summed E-state index contributed by atoms with van der Waals surface area (Å²) in [7, 11) is 0. The minimum atomic E-state index is 0.517. The van der Waals surface area contributed by atoms with Crippen LogP contribution in [0.25, 0.3) is 0 Å². The van der Waals surface area contributed by atoms with Crippen LogP contribution in [-0.4, -0.2) is 36.6 Å². The number of piperidine rings is 1. The molecule has 1 N–H and O–H groups in total. The van der Waals surface area contributed by atoms with Gasteiger partial charge < -0.3 is 5.32 Å². The molecule has 0 radical (unpaired) electrons. The van der Waals surface area contributed by atoms with E-state index in [0.29, 0.717) is 5.41 Å². The van der Waals surface area contributed by atoms with Crippen molar-refractivity contribution in [2.24, 2.45) is 5.41 Å². The van der Waals surface area contributed by atoms with Crippen LogP contribution in [0.3, 0.4) is 0 Å². The van der Waals surface area contributed by atoms with Crippen LogP contribution in [0.5, 0.6) is 0 Å². The zero-order chi connectivity index (χ0) is 13.0. The van der Waals surface area contributed by atoms with Gasteiger partial charge in [-0.25, -0.2) is 0 Å². The molecule has 1 saturated carbocycles. The van der Waals surface area contributed by atoms with Crippen LogP contribution in [0.15, 0.2) is 0 Å². The maximum absolute atomic E-state index is 3.71. The van der Waals surface area contributed by atoms with E-state index in [-0.39, 0.29) is 0 Å². The first-order valence-electron chi connectivity index (χ1n) is 8.11. The fraction of sp³-hybridized carbons (Fsp3) is 1.00. The molecular formula is C16H32N2. The average Bonchev–Trinajstić information content (AvgIpc) is 2.37. The summed E-state index contributed by atoms with van der Waals surface area (Å²) in [5, 5.41) is 3.71. The van der Waals surface area contributed by atoms with Crippen LogP contribution in [0.1, 0.15) is 65.7 Å². The zero-order valence-electron chi connectivity index (χ0n) is 12.7. The fourth-order valence-corrected chi connectivity index (χ4v) is 3.99. The fourth-order valence-electron chi connectivity index (χ4n) is 3.99. The van der Waals surface area contributed by atoms with Crippen molar-refractivity contribution < 1.29 is 0 Å². The number of likely N-dealkylation sites (N-methyl/N-ethyl adjacent to an activating group) is 1. The lowest BCUT2D eigenvalue weighted by Gasteiger charge is -2.46. The number of rotatable bonds is 4. The number of hydrogen-bond acceptors (Lipinski definition) is 2. The lowest BCUT2D eigenvalue weighted by molar-refractivity contribution is 0.0435. The largest absolute Gasteiger partial charge is 0.313 e. The predicted molar refractivity (Wildman–Crippen MR) is 78.9 cm³/mol. The average molecular weight is 252 g/mol. The Kier molecular flexibility index (Phi) is 5.08. The topological polar surface area (TPSA) is 15.3 Å². The van der Waals surface area contributed by atoms with Crippen LogP contribution in [-0.2, 0) is 0 Å². The molecule has 2 heteroatoms. The second-order valence-corrected chi connectivity index (χ2v) is 6.98. The van der Waals surface area contributed by atoms with Crippen LogP contribution in [0.2, 0.25) is 0 Å². The van der Waals surface area contributed by atoms with E-state index in [1.54, 1.807) is 0 Å². The van der Waals surface area contributed by atoms with Crippen LogP contribution >= 0.6 is 0 Å². The van der Waals surface area contributed by atoms with E-state index in [1.165, 1.54) is 64.6 Å².